The Kier molecular flexibility index (Phi) is 5.81. The summed E-state index contributed by atoms with van der Waals surface area (Å²) in [4.78, 5) is 0. The lowest BCUT2D eigenvalue weighted by molar-refractivity contribution is -0.0520. The zero-order valence-electron chi connectivity index (χ0n) is 12.9. The van der Waals surface area contributed by atoms with E-state index in [1.165, 1.54) is 0 Å². The lowest BCUT2D eigenvalue weighted by Crippen LogP contribution is -2.44. The van der Waals surface area contributed by atoms with Crippen molar-refractivity contribution in [2.45, 2.75) is 50.6 Å². The molecule has 1 fully saturated rings. The second-order valence-electron chi connectivity index (χ2n) is 6.40. The molecule has 2 N–H and O–H groups in total. The monoisotopic (exact) mass is 331 g/mol. The fraction of sp³-hybridized carbons (Fsp3) is 0.647. The van der Waals surface area contributed by atoms with E-state index in [1.807, 2.05) is 6.07 Å². The first-order valence-corrected chi connectivity index (χ1v) is 8.26. The maximum Gasteiger partial charge on any atom is 0.245 e. The van der Waals surface area contributed by atoms with Crippen LogP contribution in [-0.4, -0.2) is 24.1 Å². The number of alkyl halides is 2. The Morgan fingerprint density at radius 1 is 1.36 bits per heavy atom. The molecule has 1 aromatic rings. The fourth-order valence-electron chi connectivity index (χ4n) is 3.27. The van der Waals surface area contributed by atoms with E-state index in [-0.39, 0.29) is 18.8 Å². The van der Waals surface area contributed by atoms with Gasteiger partial charge in [-0.1, -0.05) is 23.7 Å². The number of piperidine rings is 1. The molecule has 124 valence electrons. The van der Waals surface area contributed by atoms with Gasteiger partial charge in [-0.2, -0.15) is 0 Å². The largest absolute Gasteiger partial charge is 0.385 e. The highest BCUT2D eigenvalue weighted by Crippen LogP contribution is 2.39. The molecule has 0 bridgehead atoms. The molecule has 22 heavy (non-hydrogen) atoms. The van der Waals surface area contributed by atoms with E-state index in [0.29, 0.717) is 18.0 Å². The van der Waals surface area contributed by atoms with Crippen LogP contribution in [0.4, 0.5) is 8.78 Å². The van der Waals surface area contributed by atoms with Crippen molar-refractivity contribution in [2.75, 3.05) is 13.1 Å². The van der Waals surface area contributed by atoms with Gasteiger partial charge in [-0.25, -0.2) is 8.78 Å². The van der Waals surface area contributed by atoms with Gasteiger partial charge in [0.25, 0.3) is 0 Å². The summed E-state index contributed by atoms with van der Waals surface area (Å²) in [7, 11) is 0. The second kappa shape index (κ2) is 7.24. The van der Waals surface area contributed by atoms with E-state index in [2.05, 4.69) is 5.32 Å². The van der Waals surface area contributed by atoms with E-state index in [0.717, 1.165) is 31.9 Å². The molecule has 0 aromatic heterocycles. The highest BCUT2D eigenvalue weighted by Gasteiger charge is 2.39. The van der Waals surface area contributed by atoms with Crippen molar-refractivity contribution in [3.05, 3.63) is 34.9 Å². The van der Waals surface area contributed by atoms with Crippen molar-refractivity contribution in [3.8, 4) is 0 Å². The molecular weight excluding hydrogens is 308 g/mol. The van der Waals surface area contributed by atoms with Gasteiger partial charge in [0.15, 0.2) is 0 Å². The first kappa shape index (κ1) is 17.6. The number of rotatable bonds is 6. The van der Waals surface area contributed by atoms with Gasteiger partial charge < -0.3 is 10.4 Å². The maximum atomic E-state index is 13.1. The Hall–Kier alpha value is -0.710. The molecule has 1 aliphatic rings. The number of benzene rings is 1. The van der Waals surface area contributed by atoms with E-state index in [4.69, 9.17) is 11.6 Å². The van der Waals surface area contributed by atoms with Crippen molar-refractivity contribution < 1.29 is 13.9 Å². The summed E-state index contributed by atoms with van der Waals surface area (Å²) in [5, 5.41) is 15.1. The molecule has 0 amide bonds. The molecule has 1 saturated heterocycles. The summed E-state index contributed by atoms with van der Waals surface area (Å²) in [6.07, 6.45) is 2.26. The predicted molar refractivity (Wildman–Crippen MR) is 85.4 cm³/mol. The Balaban J connectivity index is 2.19. The van der Waals surface area contributed by atoms with Crippen molar-refractivity contribution in [3.63, 3.8) is 0 Å². The highest BCUT2D eigenvalue weighted by atomic mass is 35.5. The van der Waals surface area contributed by atoms with E-state index < -0.39 is 11.5 Å². The molecular formula is C17H24ClF2NO. The molecule has 0 radical (unpaired) electrons. The number of hydrogen-bond donors (Lipinski definition) is 2. The highest BCUT2D eigenvalue weighted by molar-refractivity contribution is 6.30. The van der Waals surface area contributed by atoms with Crippen LogP contribution in [0, 0.1) is 5.92 Å². The van der Waals surface area contributed by atoms with Gasteiger partial charge in [0.05, 0.1) is 5.60 Å². The van der Waals surface area contributed by atoms with Crippen LogP contribution in [0.15, 0.2) is 24.3 Å². The fourth-order valence-corrected chi connectivity index (χ4v) is 3.46. The molecule has 0 spiro atoms. The average Bonchev–Trinajstić information content (AvgIpc) is 2.46. The topological polar surface area (TPSA) is 32.3 Å². The van der Waals surface area contributed by atoms with Crippen LogP contribution in [0.3, 0.4) is 0 Å². The molecule has 2 rings (SSSR count). The quantitative estimate of drug-likeness (QED) is 0.812. The molecule has 2 atom stereocenters. The first-order valence-electron chi connectivity index (χ1n) is 7.88. The van der Waals surface area contributed by atoms with Gasteiger partial charge in [0, 0.05) is 23.9 Å². The van der Waals surface area contributed by atoms with Gasteiger partial charge in [0.2, 0.25) is 5.92 Å². The molecule has 1 aliphatic heterocycles. The van der Waals surface area contributed by atoms with Crippen LogP contribution >= 0.6 is 11.6 Å². The summed E-state index contributed by atoms with van der Waals surface area (Å²) in [6.45, 7) is 2.56. The summed E-state index contributed by atoms with van der Waals surface area (Å²) in [6, 6.07) is 7.14. The van der Waals surface area contributed by atoms with Gasteiger partial charge in [-0.3, -0.25) is 0 Å². The predicted octanol–water partition coefficient (Wildman–Crippen LogP) is 4.35. The summed E-state index contributed by atoms with van der Waals surface area (Å²) >= 11 is 6.05. The van der Waals surface area contributed by atoms with E-state index >= 15 is 0 Å². The molecule has 1 unspecified atom stereocenters. The number of nitrogens with one attached hydrogen (secondary N) is 1. The third kappa shape index (κ3) is 4.64. The minimum Gasteiger partial charge on any atom is -0.385 e. The van der Waals surface area contributed by atoms with Crippen LogP contribution in [0.1, 0.15) is 44.6 Å². The molecule has 1 aromatic carbocycles. The normalized spacial score (nSPS) is 22.3. The summed E-state index contributed by atoms with van der Waals surface area (Å²) in [5.41, 5.74) is -0.378. The average molecular weight is 332 g/mol. The summed E-state index contributed by atoms with van der Waals surface area (Å²) in [5.74, 6) is -2.68. The first-order chi connectivity index (χ1) is 10.3. The zero-order chi connectivity index (χ0) is 16.2. The maximum absolute atomic E-state index is 13.1. The van der Waals surface area contributed by atoms with Crippen molar-refractivity contribution >= 4 is 11.6 Å². The van der Waals surface area contributed by atoms with Crippen molar-refractivity contribution in [1.29, 1.82) is 0 Å². The molecule has 5 heteroatoms. The van der Waals surface area contributed by atoms with E-state index in [9.17, 15) is 13.9 Å². The lowest BCUT2D eigenvalue weighted by Gasteiger charge is -2.39. The number of aliphatic hydroxyl groups is 1. The zero-order valence-corrected chi connectivity index (χ0v) is 13.7. The molecule has 1 heterocycles. The van der Waals surface area contributed by atoms with Gasteiger partial charge in [0.1, 0.15) is 0 Å². The third-order valence-corrected chi connectivity index (χ3v) is 4.71. The van der Waals surface area contributed by atoms with Gasteiger partial charge in [-0.15, -0.1) is 0 Å². The van der Waals surface area contributed by atoms with Crippen LogP contribution < -0.4 is 5.32 Å². The van der Waals surface area contributed by atoms with Crippen LogP contribution in [0.25, 0.3) is 0 Å². The number of halogens is 3. The lowest BCUT2D eigenvalue weighted by atomic mass is 9.74. The number of hydrogen-bond acceptors (Lipinski definition) is 2. The Morgan fingerprint density at radius 3 is 2.73 bits per heavy atom. The van der Waals surface area contributed by atoms with Crippen molar-refractivity contribution in [1.82, 2.24) is 5.32 Å². The molecule has 0 saturated carbocycles. The Bertz CT molecular complexity index is 486. The Labute approximate surface area is 135 Å². The minimum atomic E-state index is -2.69. The third-order valence-electron chi connectivity index (χ3n) is 4.47. The second-order valence-corrected chi connectivity index (χ2v) is 6.84. The molecule has 0 aliphatic carbocycles. The SMILES string of the molecule is CC(F)(F)CCC[C@@](O)(c1cccc(Cl)c1)C1CCCNC1. The van der Waals surface area contributed by atoms with E-state index in [1.54, 1.807) is 18.2 Å². The minimum absolute atomic E-state index is 0.0187. The standard InChI is InChI=1S/C17H24ClF2NO/c1-16(19,20)8-4-9-17(22,14-6-3-10-21-12-14)13-5-2-7-15(18)11-13/h2,5,7,11,14,21-22H,3-4,6,8-10,12H2,1H3/t14?,17-/m1/s1. The van der Waals surface area contributed by atoms with Gasteiger partial charge >= 0.3 is 0 Å². The van der Waals surface area contributed by atoms with Crippen molar-refractivity contribution in [2.24, 2.45) is 5.92 Å². The summed E-state index contributed by atoms with van der Waals surface area (Å²) < 4.78 is 26.2. The van der Waals surface area contributed by atoms with Crippen LogP contribution in [0.2, 0.25) is 5.02 Å². The van der Waals surface area contributed by atoms with Gasteiger partial charge in [-0.05, 0) is 56.8 Å². The molecule has 2 nitrogen and oxygen atoms in total. The van der Waals surface area contributed by atoms with Crippen LogP contribution in [-0.2, 0) is 5.60 Å². The Morgan fingerprint density at radius 2 is 2.14 bits per heavy atom. The smallest absolute Gasteiger partial charge is 0.245 e. The van der Waals surface area contributed by atoms with Crippen LogP contribution in [0.5, 0.6) is 0 Å².